The fourth-order valence-corrected chi connectivity index (χ4v) is 2.01. The lowest BCUT2D eigenvalue weighted by atomic mass is 10.1. The molecule has 9 nitrogen and oxygen atoms in total. The Morgan fingerprint density at radius 3 is 2.42 bits per heavy atom. The SMILES string of the molecule is CCOC(=O)N(OC(=O)CCCc1ccccc1)C(=N)N(C)CC(=O)O. The van der Waals surface area contributed by atoms with Crippen LogP contribution in [-0.4, -0.2) is 59.3 Å². The number of aliphatic carboxylic acids is 1. The maximum Gasteiger partial charge on any atom is 0.451 e. The van der Waals surface area contributed by atoms with E-state index in [-0.39, 0.29) is 13.0 Å². The summed E-state index contributed by atoms with van der Waals surface area (Å²) in [4.78, 5) is 40.5. The first-order valence-electron chi connectivity index (χ1n) is 8.08. The zero-order valence-corrected chi connectivity index (χ0v) is 14.8. The molecule has 0 aliphatic heterocycles. The Morgan fingerprint density at radius 1 is 1.19 bits per heavy atom. The molecule has 1 amide bonds. The van der Waals surface area contributed by atoms with Gasteiger partial charge < -0.3 is 19.6 Å². The maximum absolute atomic E-state index is 12.0. The number of aryl methyl sites for hydroxylation is 1. The predicted octanol–water partition coefficient (Wildman–Crippen LogP) is 1.88. The number of amides is 1. The summed E-state index contributed by atoms with van der Waals surface area (Å²) in [6.07, 6.45) is 0.121. The zero-order chi connectivity index (χ0) is 19.5. The number of likely N-dealkylation sites (N-methyl/N-ethyl adjacent to an activating group) is 1. The predicted molar refractivity (Wildman–Crippen MR) is 92.3 cm³/mol. The molecule has 9 heteroatoms. The van der Waals surface area contributed by atoms with Crippen molar-refractivity contribution in [3.63, 3.8) is 0 Å². The van der Waals surface area contributed by atoms with Crippen molar-refractivity contribution in [2.45, 2.75) is 26.2 Å². The van der Waals surface area contributed by atoms with E-state index in [1.54, 1.807) is 6.92 Å². The molecule has 0 bridgehead atoms. The highest BCUT2D eigenvalue weighted by molar-refractivity contribution is 5.93. The van der Waals surface area contributed by atoms with E-state index in [9.17, 15) is 14.4 Å². The van der Waals surface area contributed by atoms with Gasteiger partial charge in [0.05, 0.1) is 6.61 Å². The minimum absolute atomic E-state index is 0.0107. The molecule has 0 aliphatic carbocycles. The second kappa shape index (κ2) is 10.7. The Morgan fingerprint density at radius 2 is 1.85 bits per heavy atom. The summed E-state index contributed by atoms with van der Waals surface area (Å²) in [5, 5.41) is 17.0. The first-order valence-corrected chi connectivity index (χ1v) is 8.08. The first-order chi connectivity index (χ1) is 12.3. The minimum Gasteiger partial charge on any atom is -0.480 e. The number of nitrogens with one attached hydrogen (secondary N) is 1. The topological polar surface area (TPSA) is 120 Å². The van der Waals surface area contributed by atoms with Crippen LogP contribution in [0.3, 0.4) is 0 Å². The van der Waals surface area contributed by atoms with Crippen LogP contribution >= 0.6 is 0 Å². The molecule has 0 heterocycles. The van der Waals surface area contributed by atoms with Gasteiger partial charge in [-0.05, 0) is 25.3 Å². The van der Waals surface area contributed by atoms with Crippen molar-refractivity contribution in [1.29, 1.82) is 5.41 Å². The molecular weight excluding hydrogens is 342 g/mol. The summed E-state index contributed by atoms with van der Waals surface area (Å²) < 4.78 is 4.75. The van der Waals surface area contributed by atoms with E-state index in [4.69, 9.17) is 20.1 Å². The number of rotatable bonds is 7. The molecule has 26 heavy (non-hydrogen) atoms. The maximum atomic E-state index is 12.0. The van der Waals surface area contributed by atoms with E-state index in [1.807, 2.05) is 30.3 Å². The summed E-state index contributed by atoms with van der Waals surface area (Å²) in [6, 6.07) is 9.57. The summed E-state index contributed by atoms with van der Waals surface area (Å²) in [5.41, 5.74) is 1.07. The Balaban J connectivity index is 2.63. The largest absolute Gasteiger partial charge is 0.480 e. The van der Waals surface area contributed by atoms with Crippen LogP contribution in [0.2, 0.25) is 0 Å². The first kappa shape index (κ1) is 20.9. The van der Waals surface area contributed by atoms with E-state index in [0.29, 0.717) is 17.9 Å². The van der Waals surface area contributed by atoms with Crippen molar-refractivity contribution in [2.75, 3.05) is 20.2 Å². The van der Waals surface area contributed by atoms with Crippen LogP contribution in [0, 0.1) is 5.41 Å². The Labute approximate surface area is 151 Å². The molecule has 1 aromatic rings. The van der Waals surface area contributed by atoms with Crippen LogP contribution in [0.15, 0.2) is 30.3 Å². The van der Waals surface area contributed by atoms with Crippen LogP contribution < -0.4 is 0 Å². The van der Waals surface area contributed by atoms with Crippen molar-refractivity contribution in [2.24, 2.45) is 0 Å². The number of carbonyl (C=O) groups is 3. The molecule has 1 aromatic carbocycles. The quantitative estimate of drug-likeness (QED) is 0.430. The number of hydrogen-bond donors (Lipinski definition) is 2. The monoisotopic (exact) mass is 365 g/mol. The highest BCUT2D eigenvalue weighted by Crippen LogP contribution is 2.08. The van der Waals surface area contributed by atoms with Gasteiger partial charge in [0.2, 0.25) is 5.96 Å². The summed E-state index contributed by atoms with van der Waals surface area (Å²) in [7, 11) is 1.28. The van der Waals surface area contributed by atoms with Gasteiger partial charge in [-0.1, -0.05) is 35.4 Å². The zero-order valence-electron chi connectivity index (χ0n) is 14.8. The van der Waals surface area contributed by atoms with E-state index in [0.717, 1.165) is 10.5 Å². The van der Waals surface area contributed by atoms with Gasteiger partial charge in [0.15, 0.2) is 0 Å². The summed E-state index contributed by atoms with van der Waals surface area (Å²) in [5.74, 6) is -2.53. The molecule has 0 fully saturated rings. The van der Waals surface area contributed by atoms with E-state index >= 15 is 0 Å². The van der Waals surface area contributed by atoms with Gasteiger partial charge in [-0.25, -0.2) is 9.59 Å². The van der Waals surface area contributed by atoms with Gasteiger partial charge in [-0.2, -0.15) is 0 Å². The normalized spacial score (nSPS) is 9.92. The Bertz CT molecular complexity index is 635. The van der Waals surface area contributed by atoms with Gasteiger partial charge in [0, 0.05) is 13.5 Å². The van der Waals surface area contributed by atoms with Crippen LogP contribution in [0.25, 0.3) is 0 Å². The van der Waals surface area contributed by atoms with Crippen molar-refractivity contribution in [1.82, 2.24) is 9.96 Å². The van der Waals surface area contributed by atoms with Gasteiger partial charge in [0.25, 0.3) is 0 Å². The molecule has 0 saturated carbocycles. The number of guanidine groups is 1. The average molecular weight is 365 g/mol. The van der Waals surface area contributed by atoms with Crippen LogP contribution in [0.1, 0.15) is 25.3 Å². The molecular formula is C17H23N3O6. The number of carboxylic acids is 1. The van der Waals surface area contributed by atoms with Gasteiger partial charge >= 0.3 is 18.0 Å². The molecule has 0 saturated heterocycles. The number of carbonyl (C=O) groups excluding carboxylic acids is 2. The van der Waals surface area contributed by atoms with Crippen molar-refractivity contribution < 1.29 is 29.1 Å². The van der Waals surface area contributed by atoms with Crippen molar-refractivity contribution >= 4 is 24.0 Å². The highest BCUT2D eigenvalue weighted by Gasteiger charge is 2.28. The molecule has 2 N–H and O–H groups in total. The minimum atomic E-state index is -1.20. The lowest BCUT2D eigenvalue weighted by molar-refractivity contribution is -0.169. The average Bonchev–Trinajstić information content (AvgIpc) is 2.59. The molecule has 0 atom stereocenters. The lowest BCUT2D eigenvalue weighted by Gasteiger charge is -2.25. The molecule has 0 aromatic heterocycles. The number of ether oxygens (including phenoxy) is 1. The summed E-state index contributed by atoms with van der Waals surface area (Å²) in [6.45, 7) is 1.03. The standard InChI is InChI=1S/C17H23N3O6/c1-3-25-17(24)20(16(18)19(2)12-14(21)22)26-15(23)11-7-10-13-8-5-4-6-9-13/h4-6,8-9,18H,3,7,10-12H2,1-2H3,(H,21,22). The van der Waals surface area contributed by atoms with Gasteiger partial charge in [-0.15, -0.1) is 0 Å². The third kappa shape index (κ3) is 7.20. The molecule has 142 valence electrons. The van der Waals surface area contributed by atoms with E-state index < -0.39 is 30.5 Å². The van der Waals surface area contributed by atoms with Gasteiger partial charge in [0.1, 0.15) is 6.54 Å². The van der Waals surface area contributed by atoms with Crippen LogP contribution in [-0.2, 0) is 25.6 Å². The Hall–Kier alpha value is -3.10. The highest BCUT2D eigenvalue weighted by atomic mass is 16.8. The number of carboxylic acid groups (broad SMARTS) is 1. The number of nitrogens with zero attached hydrogens (tertiary/aromatic N) is 2. The second-order valence-corrected chi connectivity index (χ2v) is 5.37. The molecule has 0 radical (unpaired) electrons. The smallest absolute Gasteiger partial charge is 0.451 e. The fourth-order valence-electron chi connectivity index (χ4n) is 2.01. The third-order valence-corrected chi connectivity index (χ3v) is 3.24. The van der Waals surface area contributed by atoms with E-state index in [1.165, 1.54) is 7.05 Å². The molecule has 0 unspecified atom stereocenters. The molecule has 0 aliphatic rings. The van der Waals surface area contributed by atoms with Crippen LogP contribution in [0.4, 0.5) is 4.79 Å². The van der Waals surface area contributed by atoms with Crippen molar-refractivity contribution in [3.05, 3.63) is 35.9 Å². The second-order valence-electron chi connectivity index (χ2n) is 5.37. The lowest BCUT2D eigenvalue weighted by Crippen LogP contribution is -2.47. The molecule has 1 rings (SSSR count). The number of benzene rings is 1. The van der Waals surface area contributed by atoms with Crippen LogP contribution in [0.5, 0.6) is 0 Å². The van der Waals surface area contributed by atoms with Gasteiger partial charge in [-0.3, -0.25) is 10.2 Å². The Kier molecular flexibility index (Phi) is 8.62. The number of hydrogen-bond acceptors (Lipinski definition) is 6. The third-order valence-electron chi connectivity index (χ3n) is 3.24. The number of hydroxylamine groups is 2. The van der Waals surface area contributed by atoms with Crippen molar-refractivity contribution in [3.8, 4) is 0 Å². The fraction of sp³-hybridized carbons (Fsp3) is 0.412. The summed E-state index contributed by atoms with van der Waals surface area (Å²) >= 11 is 0. The molecule has 0 spiro atoms. The van der Waals surface area contributed by atoms with E-state index in [2.05, 4.69) is 0 Å².